The number of nitrogens with one attached hydrogen (secondary N) is 1. The molecule has 0 bridgehead atoms. The predicted molar refractivity (Wildman–Crippen MR) is 38.3 cm³/mol. The summed E-state index contributed by atoms with van der Waals surface area (Å²) in [5, 5.41) is 3.51. The Morgan fingerprint density at radius 2 is 2.30 bits per heavy atom. The fourth-order valence-electron chi connectivity index (χ4n) is 0.927. The van der Waals surface area contributed by atoms with Crippen LogP contribution in [-0.4, -0.2) is 8.42 Å². The van der Waals surface area contributed by atoms with E-state index >= 15 is 0 Å². The minimum atomic E-state index is -3.10. The van der Waals surface area contributed by atoms with Crippen LogP contribution in [0, 0.1) is 0 Å². The van der Waals surface area contributed by atoms with E-state index in [0.29, 0.717) is 11.4 Å². The molecule has 5 heteroatoms. The summed E-state index contributed by atoms with van der Waals surface area (Å²) in [4.78, 5) is 0.456. The molecule has 0 saturated heterocycles. The lowest BCUT2D eigenvalue weighted by Gasteiger charge is -1.88. The summed E-state index contributed by atoms with van der Waals surface area (Å²) in [6.45, 7) is 0.459. The van der Waals surface area contributed by atoms with E-state index in [4.69, 9.17) is 0 Å². The number of rotatable bonds is 0. The molecule has 3 nitrogen and oxygen atoms in total. The van der Waals surface area contributed by atoms with E-state index in [9.17, 15) is 8.42 Å². The molecule has 0 amide bonds. The molecule has 0 unspecified atom stereocenters. The SMILES string of the molecule is O=S1(=O)NCc2cscc21. The second kappa shape index (κ2) is 1.81. The van der Waals surface area contributed by atoms with Gasteiger partial charge in [0.25, 0.3) is 0 Å². The zero-order valence-corrected chi connectivity index (χ0v) is 6.63. The molecule has 0 aromatic carbocycles. The molecule has 2 rings (SSSR count). The number of sulfonamides is 1. The topological polar surface area (TPSA) is 46.2 Å². The highest BCUT2D eigenvalue weighted by Crippen LogP contribution is 2.25. The predicted octanol–water partition coefficient (Wildman–Crippen LogP) is 0.540. The molecule has 1 aromatic heterocycles. The van der Waals surface area contributed by atoms with Crippen molar-refractivity contribution < 1.29 is 8.42 Å². The third-order valence-corrected chi connectivity index (χ3v) is 3.87. The van der Waals surface area contributed by atoms with Crippen molar-refractivity contribution in [2.24, 2.45) is 0 Å². The molecule has 1 aliphatic rings. The fraction of sp³-hybridized carbons (Fsp3) is 0.200. The van der Waals surface area contributed by atoms with Crippen molar-refractivity contribution in [1.29, 1.82) is 0 Å². The van der Waals surface area contributed by atoms with Gasteiger partial charge in [-0.25, -0.2) is 13.1 Å². The molecule has 1 aliphatic heterocycles. The molecule has 0 aliphatic carbocycles. The largest absolute Gasteiger partial charge is 0.242 e. The highest BCUT2D eigenvalue weighted by molar-refractivity contribution is 7.90. The van der Waals surface area contributed by atoms with E-state index in [0.717, 1.165) is 5.56 Å². The lowest BCUT2D eigenvalue weighted by Crippen LogP contribution is -2.13. The molecule has 0 radical (unpaired) electrons. The molecule has 54 valence electrons. The van der Waals surface area contributed by atoms with Crippen molar-refractivity contribution in [1.82, 2.24) is 4.72 Å². The van der Waals surface area contributed by atoms with Gasteiger partial charge in [-0.3, -0.25) is 0 Å². The molecular weight excluding hydrogens is 170 g/mol. The zero-order valence-electron chi connectivity index (χ0n) is 4.99. The van der Waals surface area contributed by atoms with E-state index in [1.165, 1.54) is 11.3 Å². The Kier molecular flexibility index (Phi) is 1.14. The van der Waals surface area contributed by atoms with Gasteiger partial charge in [-0.2, -0.15) is 11.3 Å². The third kappa shape index (κ3) is 0.712. The Morgan fingerprint density at radius 3 is 3.00 bits per heavy atom. The first kappa shape index (κ1) is 6.33. The average molecular weight is 175 g/mol. The maximum atomic E-state index is 11.0. The van der Waals surface area contributed by atoms with Crippen molar-refractivity contribution in [3.8, 4) is 0 Å². The Hall–Kier alpha value is -0.390. The first-order chi connectivity index (χ1) is 4.70. The van der Waals surface area contributed by atoms with Crippen molar-refractivity contribution in [2.45, 2.75) is 11.4 Å². The Labute approximate surface area is 62.7 Å². The maximum absolute atomic E-state index is 11.0. The monoisotopic (exact) mass is 175 g/mol. The van der Waals surface area contributed by atoms with Crippen LogP contribution in [0.2, 0.25) is 0 Å². The molecule has 0 saturated carbocycles. The Morgan fingerprint density at radius 1 is 1.50 bits per heavy atom. The second-order valence-electron chi connectivity index (χ2n) is 2.09. The van der Waals surface area contributed by atoms with Crippen LogP contribution in [0.4, 0.5) is 0 Å². The normalized spacial score (nSPS) is 20.8. The minimum absolute atomic E-state index is 0.456. The first-order valence-corrected chi connectivity index (χ1v) is 5.17. The van der Waals surface area contributed by atoms with Gasteiger partial charge in [-0.1, -0.05) is 0 Å². The highest BCUT2D eigenvalue weighted by Gasteiger charge is 2.25. The van der Waals surface area contributed by atoms with Crippen LogP contribution in [0.15, 0.2) is 15.7 Å². The summed E-state index contributed by atoms with van der Waals surface area (Å²) in [5.74, 6) is 0. The van der Waals surface area contributed by atoms with Crippen molar-refractivity contribution in [2.75, 3.05) is 0 Å². The first-order valence-electron chi connectivity index (χ1n) is 2.75. The molecule has 1 aromatic rings. The van der Waals surface area contributed by atoms with Crippen LogP contribution in [0.3, 0.4) is 0 Å². The molecule has 10 heavy (non-hydrogen) atoms. The summed E-state index contributed by atoms with van der Waals surface area (Å²) >= 11 is 1.43. The van der Waals surface area contributed by atoms with Crippen molar-refractivity contribution in [3.05, 3.63) is 16.3 Å². The van der Waals surface area contributed by atoms with Gasteiger partial charge in [-0.15, -0.1) is 0 Å². The second-order valence-corrected chi connectivity index (χ2v) is 4.56. The van der Waals surface area contributed by atoms with E-state index in [1.54, 1.807) is 5.38 Å². The number of thiophene rings is 1. The van der Waals surface area contributed by atoms with Gasteiger partial charge in [0, 0.05) is 11.9 Å². The van der Waals surface area contributed by atoms with Crippen LogP contribution < -0.4 is 4.72 Å². The molecular formula is C5H5NO2S2. The van der Waals surface area contributed by atoms with Crippen LogP contribution in [-0.2, 0) is 16.6 Å². The summed E-state index contributed by atoms with van der Waals surface area (Å²) in [7, 11) is -3.10. The Bertz CT molecular complexity index is 351. The number of hydrogen-bond donors (Lipinski definition) is 1. The van der Waals surface area contributed by atoms with Crippen LogP contribution in [0.1, 0.15) is 5.56 Å². The quantitative estimate of drug-likeness (QED) is 0.625. The van der Waals surface area contributed by atoms with Gasteiger partial charge in [0.05, 0.1) is 4.90 Å². The van der Waals surface area contributed by atoms with Crippen LogP contribution in [0.25, 0.3) is 0 Å². The van der Waals surface area contributed by atoms with Crippen LogP contribution in [0.5, 0.6) is 0 Å². The van der Waals surface area contributed by atoms with E-state index in [1.807, 2.05) is 5.38 Å². The lowest BCUT2D eigenvalue weighted by atomic mass is 10.4. The molecule has 0 spiro atoms. The summed E-state index contributed by atoms with van der Waals surface area (Å²) < 4.78 is 24.4. The molecule has 1 N–H and O–H groups in total. The van der Waals surface area contributed by atoms with E-state index in [2.05, 4.69) is 4.72 Å². The standard InChI is InChI=1S/C5H5NO2S2/c7-10(8)5-3-9-2-4(5)1-6-10/h2-3,6H,1H2. The van der Waals surface area contributed by atoms with E-state index < -0.39 is 10.0 Å². The van der Waals surface area contributed by atoms with Gasteiger partial charge < -0.3 is 0 Å². The van der Waals surface area contributed by atoms with Gasteiger partial charge in [0.2, 0.25) is 10.0 Å². The Balaban J connectivity index is 2.76. The molecule has 0 fully saturated rings. The third-order valence-electron chi connectivity index (χ3n) is 1.44. The number of fused-ring (bicyclic) bond motifs is 1. The maximum Gasteiger partial charge on any atom is 0.242 e. The fourth-order valence-corrected chi connectivity index (χ4v) is 3.37. The summed E-state index contributed by atoms with van der Waals surface area (Å²) in [5.41, 5.74) is 0.894. The molecule has 2 heterocycles. The minimum Gasteiger partial charge on any atom is -0.207 e. The smallest absolute Gasteiger partial charge is 0.207 e. The molecule has 0 atom stereocenters. The zero-order chi connectivity index (χ0) is 7.19. The van der Waals surface area contributed by atoms with Gasteiger partial charge in [-0.05, 0) is 10.9 Å². The van der Waals surface area contributed by atoms with Crippen molar-refractivity contribution in [3.63, 3.8) is 0 Å². The van der Waals surface area contributed by atoms with Gasteiger partial charge in [0.1, 0.15) is 0 Å². The van der Waals surface area contributed by atoms with Gasteiger partial charge >= 0.3 is 0 Å². The number of hydrogen-bond acceptors (Lipinski definition) is 3. The van der Waals surface area contributed by atoms with E-state index in [-0.39, 0.29) is 0 Å². The average Bonchev–Trinajstić information content (AvgIpc) is 2.36. The summed E-state index contributed by atoms with van der Waals surface area (Å²) in [6.07, 6.45) is 0. The van der Waals surface area contributed by atoms with Crippen LogP contribution >= 0.6 is 11.3 Å². The highest BCUT2D eigenvalue weighted by atomic mass is 32.2. The summed E-state index contributed by atoms with van der Waals surface area (Å²) in [6, 6.07) is 0. The van der Waals surface area contributed by atoms with Crippen molar-refractivity contribution >= 4 is 21.4 Å². The lowest BCUT2D eigenvalue weighted by molar-refractivity contribution is 0.590. The van der Waals surface area contributed by atoms with Gasteiger partial charge in [0.15, 0.2) is 0 Å².